The Labute approximate surface area is 264 Å². The molecule has 3 aromatic carbocycles. The van der Waals surface area contributed by atoms with Gasteiger partial charge >= 0.3 is 18.6 Å². The maximum Gasteiger partial charge on any atom is 4.00 e. The Hall–Kier alpha value is -3.55. The summed E-state index contributed by atoms with van der Waals surface area (Å²) in [6, 6.07) is 18.5. The summed E-state index contributed by atoms with van der Waals surface area (Å²) in [7, 11) is 0. The summed E-state index contributed by atoms with van der Waals surface area (Å²) in [6.07, 6.45) is 0. The molecule has 2 N–H and O–H groups in total. The van der Waals surface area contributed by atoms with Gasteiger partial charge in [0.25, 0.3) is 0 Å². The molecule has 0 amide bonds. The van der Waals surface area contributed by atoms with Gasteiger partial charge in [-0.05, 0) is 41.5 Å². The fourth-order valence-electron chi connectivity index (χ4n) is 2.85. The average Bonchev–Trinajstić information content (AvgIpc) is 2.97. The molecule has 3 aromatic rings. The van der Waals surface area contributed by atoms with E-state index in [1.165, 1.54) is 82.6 Å². The Morgan fingerprint density at radius 3 is 0.619 bits per heavy atom. The third-order valence-corrected chi connectivity index (χ3v) is 5.55. The molecule has 0 aliphatic carbocycles. The SMILES string of the molecule is CC#N.CC[NH+](CC)CC.CC[NH+](CC)CC.[O-]c1ccccc1[O-].[O-]c1ccccc1[O-].[O-]c1ccccc1[O-].[V+4]. The molecular weight excluding hydrogens is 573 g/mol. The molecular formula is C32H47N3O6V. The molecule has 42 heavy (non-hydrogen) atoms. The molecule has 0 heterocycles. The molecule has 10 heteroatoms. The molecule has 9 nitrogen and oxygen atoms in total. The quantitative estimate of drug-likeness (QED) is 0.387. The van der Waals surface area contributed by atoms with Crippen molar-refractivity contribution in [2.75, 3.05) is 39.3 Å². The van der Waals surface area contributed by atoms with Crippen LogP contribution < -0.4 is 40.4 Å². The number of nitrogens with zero attached hydrogens (tertiary/aromatic N) is 1. The number of rotatable bonds is 6. The first-order chi connectivity index (χ1) is 19.5. The number of nitriles is 1. The number of para-hydroxylation sites is 6. The van der Waals surface area contributed by atoms with Gasteiger partial charge < -0.3 is 40.4 Å². The van der Waals surface area contributed by atoms with Crippen LogP contribution in [0.3, 0.4) is 0 Å². The van der Waals surface area contributed by atoms with Crippen LogP contribution in [0.5, 0.6) is 34.5 Å². The van der Waals surface area contributed by atoms with Gasteiger partial charge in [0.1, 0.15) is 0 Å². The molecule has 0 saturated heterocycles. The summed E-state index contributed by atoms with van der Waals surface area (Å²) in [5, 5.41) is 69.2. The van der Waals surface area contributed by atoms with E-state index in [1.807, 2.05) is 0 Å². The van der Waals surface area contributed by atoms with E-state index in [0.29, 0.717) is 0 Å². The average molecular weight is 621 g/mol. The predicted octanol–water partition coefficient (Wildman–Crippen LogP) is -0.109. The molecule has 0 unspecified atom stereocenters. The van der Waals surface area contributed by atoms with E-state index >= 15 is 0 Å². The maximum absolute atomic E-state index is 10.3. The van der Waals surface area contributed by atoms with E-state index in [4.69, 9.17) is 5.26 Å². The number of benzene rings is 3. The second kappa shape index (κ2) is 32.0. The molecule has 0 aliphatic heterocycles. The standard InChI is InChI=1S/2C6H15N.3C6H6O2.C2H3N.V/c2*1-4-7(5-2)6-3;3*7-5-3-1-2-4-6(5)8;1-2-3;/h2*4-6H2,1-3H3;3*1-4,7-8H;1H3;/q;;;;;;+4/p-4. The Balaban J connectivity index is -0.000000209. The molecule has 0 aromatic heterocycles. The smallest absolute Gasteiger partial charge is 0.873 e. The monoisotopic (exact) mass is 620 g/mol. The first kappa shape index (κ1) is 45.4. The van der Waals surface area contributed by atoms with Crippen molar-refractivity contribution >= 4 is 0 Å². The van der Waals surface area contributed by atoms with Gasteiger partial charge in [-0.15, -0.1) is 34.5 Å². The van der Waals surface area contributed by atoms with Crippen LogP contribution in [0.15, 0.2) is 72.8 Å². The van der Waals surface area contributed by atoms with E-state index < -0.39 is 34.5 Å². The van der Waals surface area contributed by atoms with Gasteiger partial charge in [0.05, 0.1) is 45.3 Å². The zero-order valence-electron chi connectivity index (χ0n) is 26.0. The van der Waals surface area contributed by atoms with E-state index in [9.17, 15) is 30.6 Å². The Morgan fingerprint density at radius 1 is 0.452 bits per heavy atom. The second-order valence-electron chi connectivity index (χ2n) is 8.19. The van der Waals surface area contributed by atoms with Crippen LogP contribution in [0.4, 0.5) is 0 Å². The third kappa shape index (κ3) is 26.7. The molecule has 0 bridgehead atoms. The van der Waals surface area contributed by atoms with Gasteiger partial charge in [-0.3, -0.25) is 0 Å². The Bertz CT molecular complexity index is 853. The van der Waals surface area contributed by atoms with Gasteiger partial charge in [-0.2, -0.15) is 5.26 Å². The van der Waals surface area contributed by atoms with Crippen molar-refractivity contribution in [1.29, 1.82) is 5.26 Å². The van der Waals surface area contributed by atoms with Crippen molar-refractivity contribution < 1.29 is 59.0 Å². The molecule has 231 valence electrons. The summed E-state index contributed by atoms with van der Waals surface area (Å²) in [4.78, 5) is 3.36. The van der Waals surface area contributed by atoms with Gasteiger partial charge in [-0.25, -0.2) is 0 Å². The summed E-state index contributed by atoms with van der Waals surface area (Å²) in [5.41, 5.74) is 0. The number of nitrogens with one attached hydrogen (secondary N) is 2. The van der Waals surface area contributed by atoms with Crippen LogP contribution >= 0.6 is 0 Å². The Morgan fingerprint density at radius 2 is 0.571 bits per heavy atom. The van der Waals surface area contributed by atoms with Gasteiger partial charge in [-0.1, -0.05) is 72.8 Å². The first-order valence-electron chi connectivity index (χ1n) is 13.8. The van der Waals surface area contributed by atoms with Crippen molar-refractivity contribution in [2.45, 2.75) is 48.5 Å². The number of hydrogen-bond acceptors (Lipinski definition) is 7. The molecule has 0 spiro atoms. The largest absolute Gasteiger partial charge is 4.00 e. The number of quaternary nitrogens is 2. The molecule has 0 fully saturated rings. The summed E-state index contributed by atoms with van der Waals surface area (Å²) < 4.78 is 0. The third-order valence-electron chi connectivity index (χ3n) is 5.55. The number of hydrogen-bond donors (Lipinski definition) is 2. The minimum Gasteiger partial charge on any atom is -0.873 e. The van der Waals surface area contributed by atoms with Crippen LogP contribution in [0.2, 0.25) is 0 Å². The summed E-state index contributed by atoms with van der Waals surface area (Å²) >= 11 is 0. The predicted molar refractivity (Wildman–Crippen MR) is 152 cm³/mol. The Kier molecular flexibility index (Phi) is 34.6. The molecule has 1 radical (unpaired) electrons. The minimum absolute atomic E-state index is 0. The van der Waals surface area contributed by atoms with Crippen molar-refractivity contribution in [3.8, 4) is 40.6 Å². The van der Waals surface area contributed by atoms with E-state index in [1.54, 1.807) is 52.3 Å². The van der Waals surface area contributed by atoms with Crippen LogP contribution in [0.25, 0.3) is 0 Å². The molecule has 0 saturated carbocycles. The van der Waals surface area contributed by atoms with Crippen molar-refractivity contribution in [3.63, 3.8) is 0 Å². The van der Waals surface area contributed by atoms with Crippen molar-refractivity contribution in [1.82, 2.24) is 0 Å². The second-order valence-corrected chi connectivity index (χ2v) is 8.19. The first-order valence-corrected chi connectivity index (χ1v) is 13.8. The van der Waals surface area contributed by atoms with Crippen LogP contribution in [0, 0.1) is 11.3 Å². The summed E-state index contributed by atoms with van der Waals surface area (Å²) in [6.45, 7) is 22.4. The van der Waals surface area contributed by atoms with Gasteiger partial charge in [0, 0.05) is 6.92 Å². The molecule has 0 aliphatic rings. The van der Waals surface area contributed by atoms with Crippen LogP contribution in [-0.4, -0.2) is 39.3 Å². The normalized spacial score (nSPS) is 8.76. The van der Waals surface area contributed by atoms with Gasteiger partial charge in [0.2, 0.25) is 0 Å². The minimum atomic E-state index is -0.437. The van der Waals surface area contributed by atoms with Crippen LogP contribution in [0.1, 0.15) is 48.5 Å². The van der Waals surface area contributed by atoms with Gasteiger partial charge in [0.15, 0.2) is 0 Å². The fourth-order valence-corrected chi connectivity index (χ4v) is 2.85. The summed E-state index contributed by atoms with van der Waals surface area (Å²) in [5.74, 6) is -2.62. The zero-order valence-corrected chi connectivity index (χ0v) is 27.4. The van der Waals surface area contributed by atoms with E-state index in [2.05, 4.69) is 41.5 Å². The van der Waals surface area contributed by atoms with Crippen molar-refractivity contribution in [2.24, 2.45) is 0 Å². The topological polar surface area (TPSA) is 171 Å². The fraction of sp³-hybridized carbons (Fsp3) is 0.406. The van der Waals surface area contributed by atoms with E-state index in [-0.39, 0.29) is 18.6 Å². The molecule has 0 atom stereocenters. The zero-order chi connectivity index (χ0) is 32.1. The van der Waals surface area contributed by atoms with E-state index in [0.717, 1.165) is 0 Å². The maximum atomic E-state index is 10.3. The van der Waals surface area contributed by atoms with Crippen LogP contribution in [-0.2, 0) is 18.6 Å². The molecule has 3 rings (SSSR count). The van der Waals surface area contributed by atoms with Crippen molar-refractivity contribution in [3.05, 3.63) is 72.8 Å².